The third kappa shape index (κ3) is 5.55. The third-order valence-corrected chi connectivity index (χ3v) is 1.13. The van der Waals surface area contributed by atoms with Crippen molar-refractivity contribution in [3.05, 3.63) is 12.2 Å². The van der Waals surface area contributed by atoms with Crippen molar-refractivity contribution in [2.24, 2.45) is 0 Å². The Kier molecular flexibility index (Phi) is 4.87. The maximum absolute atomic E-state index is 10.5. The van der Waals surface area contributed by atoms with Crippen LogP contribution in [0.5, 0.6) is 0 Å². The van der Waals surface area contributed by atoms with E-state index in [4.69, 9.17) is 4.74 Å². The van der Waals surface area contributed by atoms with Gasteiger partial charge in [-0.15, -0.1) is 0 Å². The average Bonchev–Trinajstić information content (AvgIpc) is 1.97. The van der Waals surface area contributed by atoms with Crippen molar-refractivity contribution in [2.75, 3.05) is 0 Å². The summed E-state index contributed by atoms with van der Waals surface area (Å²) in [5.41, 5.74) is 0.778. The molecule has 0 saturated heterocycles. The summed E-state index contributed by atoms with van der Waals surface area (Å²) in [6.07, 6.45) is 0.416. The minimum atomic E-state index is -0.294. The topological polar surface area (TPSA) is 26.3 Å². The largest absolute Gasteiger partial charge is 0.449 e. The van der Waals surface area contributed by atoms with Crippen molar-refractivity contribution in [1.82, 2.24) is 0 Å². The summed E-state index contributed by atoms with van der Waals surface area (Å²) in [7, 11) is 0. The zero-order valence-electron chi connectivity index (χ0n) is 7.81. The molecule has 0 aromatic carbocycles. The summed E-state index contributed by atoms with van der Waals surface area (Å²) in [4.78, 5) is 10.5. The van der Waals surface area contributed by atoms with Gasteiger partial charge in [0.1, 0.15) is 0 Å². The van der Waals surface area contributed by atoms with E-state index in [0.29, 0.717) is 6.42 Å². The molecular weight excluding hydrogens is 152 g/mol. The first-order valence-electron chi connectivity index (χ1n) is 3.90. The molecule has 0 saturated carbocycles. The van der Waals surface area contributed by atoms with Gasteiger partial charge < -0.3 is 4.74 Å². The van der Waals surface area contributed by atoms with E-state index < -0.39 is 0 Å². The molecule has 0 radical (unpaired) electrons. The minimum Gasteiger partial charge on any atom is -0.449 e. The van der Waals surface area contributed by atoms with E-state index in [1.165, 1.54) is 6.92 Å². The monoisotopic (exact) mass is 166 g/mol. The molecule has 0 aromatic rings. The van der Waals surface area contributed by atoms with Gasteiger partial charge in [0, 0.05) is 6.92 Å². The highest BCUT2D eigenvalue weighted by atomic mass is 16.5. The van der Waals surface area contributed by atoms with Gasteiger partial charge in [-0.05, 0) is 18.9 Å². The second-order valence-corrected chi connectivity index (χ2v) is 2.56. The zero-order chi connectivity index (χ0) is 9.56. The summed E-state index contributed by atoms with van der Waals surface area (Å²) in [6, 6.07) is 0. The van der Waals surface area contributed by atoms with Crippen LogP contribution in [0.2, 0.25) is 0 Å². The fraction of sp³-hybridized carbons (Fsp3) is 0.500. The molecule has 0 N–H and O–H groups in total. The first-order valence-corrected chi connectivity index (χ1v) is 3.90. The number of allylic oxidation sites excluding steroid dienone is 1. The van der Waals surface area contributed by atoms with Crippen LogP contribution in [-0.4, -0.2) is 12.1 Å². The summed E-state index contributed by atoms with van der Waals surface area (Å²) in [6.45, 7) is 8.74. The highest BCUT2D eigenvalue weighted by Gasteiger charge is 2.03. The standard InChI is InChI=1S/C10H14O2/c1-5-10(12-9(4)11)7-6-8(2)3/h10H,2,5H2,1,3-4H3/t10-/m1/s1. The lowest BCUT2D eigenvalue weighted by molar-refractivity contribution is -0.143. The number of hydrogen-bond donors (Lipinski definition) is 0. The van der Waals surface area contributed by atoms with Gasteiger partial charge >= 0.3 is 5.97 Å². The number of carbonyl (C=O) groups is 1. The Morgan fingerprint density at radius 2 is 2.17 bits per heavy atom. The number of ether oxygens (including phenoxy) is 1. The van der Waals surface area contributed by atoms with E-state index in [9.17, 15) is 4.79 Å². The highest BCUT2D eigenvalue weighted by molar-refractivity contribution is 5.66. The van der Waals surface area contributed by atoms with Crippen LogP contribution >= 0.6 is 0 Å². The predicted molar refractivity (Wildman–Crippen MR) is 48.4 cm³/mol. The normalized spacial score (nSPS) is 10.9. The van der Waals surface area contributed by atoms with Crippen LogP contribution in [0.1, 0.15) is 27.2 Å². The fourth-order valence-corrected chi connectivity index (χ4v) is 0.619. The molecule has 0 heterocycles. The van der Waals surface area contributed by atoms with Crippen molar-refractivity contribution < 1.29 is 9.53 Å². The Hall–Kier alpha value is -1.23. The van der Waals surface area contributed by atoms with Crippen LogP contribution in [0.4, 0.5) is 0 Å². The van der Waals surface area contributed by atoms with Crippen molar-refractivity contribution in [2.45, 2.75) is 33.3 Å². The maximum atomic E-state index is 10.5. The second kappa shape index (κ2) is 5.42. The lowest BCUT2D eigenvalue weighted by atomic mass is 10.2. The second-order valence-electron chi connectivity index (χ2n) is 2.56. The molecule has 2 heteroatoms. The van der Waals surface area contributed by atoms with Crippen molar-refractivity contribution in [3.63, 3.8) is 0 Å². The average molecular weight is 166 g/mol. The van der Waals surface area contributed by atoms with E-state index in [-0.39, 0.29) is 12.1 Å². The van der Waals surface area contributed by atoms with Crippen molar-refractivity contribution in [1.29, 1.82) is 0 Å². The molecule has 0 spiro atoms. The summed E-state index contributed by atoms with van der Waals surface area (Å²) < 4.78 is 4.90. The lowest BCUT2D eigenvalue weighted by Gasteiger charge is -2.06. The number of carbonyl (C=O) groups excluding carboxylic acids is 1. The van der Waals surface area contributed by atoms with Crippen LogP contribution < -0.4 is 0 Å². The zero-order valence-corrected chi connectivity index (χ0v) is 7.81. The van der Waals surface area contributed by atoms with Gasteiger partial charge in [0.25, 0.3) is 0 Å². The molecule has 12 heavy (non-hydrogen) atoms. The van der Waals surface area contributed by atoms with E-state index in [2.05, 4.69) is 18.4 Å². The Labute approximate surface area is 73.6 Å². The lowest BCUT2D eigenvalue weighted by Crippen LogP contribution is -2.12. The van der Waals surface area contributed by atoms with Gasteiger partial charge in [0.2, 0.25) is 0 Å². The molecule has 2 nitrogen and oxygen atoms in total. The molecule has 1 atom stereocenters. The molecular formula is C10H14O2. The van der Waals surface area contributed by atoms with Crippen LogP contribution in [0.25, 0.3) is 0 Å². The minimum absolute atomic E-state index is 0.292. The molecule has 0 aromatic heterocycles. The van der Waals surface area contributed by atoms with E-state index >= 15 is 0 Å². The van der Waals surface area contributed by atoms with E-state index in [1.807, 2.05) is 13.8 Å². The maximum Gasteiger partial charge on any atom is 0.303 e. The number of rotatable bonds is 2. The highest BCUT2D eigenvalue weighted by Crippen LogP contribution is 1.97. The van der Waals surface area contributed by atoms with Crippen LogP contribution in [0.3, 0.4) is 0 Å². The van der Waals surface area contributed by atoms with Gasteiger partial charge in [-0.3, -0.25) is 4.79 Å². The van der Waals surface area contributed by atoms with Gasteiger partial charge in [0.05, 0.1) is 0 Å². The summed E-state index contributed by atoms with van der Waals surface area (Å²) in [5.74, 6) is 5.29. The summed E-state index contributed by atoms with van der Waals surface area (Å²) >= 11 is 0. The molecule has 0 aliphatic rings. The Morgan fingerprint density at radius 3 is 2.50 bits per heavy atom. The number of hydrogen-bond acceptors (Lipinski definition) is 2. The first-order chi connectivity index (χ1) is 5.56. The van der Waals surface area contributed by atoms with Gasteiger partial charge in [-0.1, -0.05) is 25.3 Å². The molecule has 0 bridgehead atoms. The predicted octanol–water partition coefficient (Wildman–Crippen LogP) is 1.91. The molecule has 66 valence electrons. The molecule has 0 aliphatic heterocycles. The molecule has 0 fully saturated rings. The molecule has 0 rings (SSSR count). The quantitative estimate of drug-likeness (QED) is 0.462. The van der Waals surface area contributed by atoms with Crippen LogP contribution in [0.15, 0.2) is 12.2 Å². The van der Waals surface area contributed by atoms with Crippen molar-refractivity contribution in [3.8, 4) is 11.8 Å². The Bertz CT molecular complexity index is 230. The first kappa shape index (κ1) is 10.8. The fourth-order valence-electron chi connectivity index (χ4n) is 0.619. The molecule has 0 unspecified atom stereocenters. The number of esters is 1. The molecule has 0 amide bonds. The Morgan fingerprint density at radius 1 is 1.58 bits per heavy atom. The van der Waals surface area contributed by atoms with Crippen molar-refractivity contribution >= 4 is 5.97 Å². The smallest absolute Gasteiger partial charge is 0.303 e. The third-order valence-electron chi connectivity index (χ3n) is 1.13. The van der Waals surface area contributed by atoms with E-state index in [1.54, 1.807) is 0 Å². The van der Waals surface area contributed by atoms with Gasteiger partial charge in [-0.2, -0.15) is 0 Å². The van der Waals surface area contributed by atoms with Gasteiger partial charge in [0.15, 0.2) is 6.10 Å². The van der Waals surface area contributed by atoms with E-state index in [0.717, 1.165) is 5.57 Å². The SMILES string of the molecule is C=C(C)C#C[C@@H](CC)OC(C)=O. The summed E-state index contributed by atoms with van der Waals surface area (Å²) in [5, 5.41) is 0. The van der Waals surface area contributed by atoms with Crippen LogP contribution in [0, 0.1) is 11.8 Å². The van der Waals surface area contributed by atoms with Crippen LogP contribution in [-0.2, 0) is 9.53 Å². The molecule has 0 aliphatic carbocycles. The Balaban J connectivity index is 4.11. The van der Waals surface area contributed by atoms with Gasteiger partial charge in [-0.25, -0.2) is 0 Å².